The van der Waals surface area contributed by atoms with E-state index < -0.39 is 0 Å². The van der Waals surface area contributed by atoms with Crippen molar-refractivity contribution in [1.82, 2.24) is 4.90 Å². The lowest BCUT2D eigenvalue weighted by Crippen LogP contribution is -2.42. The van der Waals surface area contributed by atoms with Crippen LogP contribution in [0.3, 0.4) is 0 Å². The van der Waals surface area contributed by atoms with Gasteiger partial charge in [-0.3, -0.25) is 9.59 Å². The molecule has 1 aliphatic rings. The first-order valence-electron chi connectivity index (χ1n) is 9.64. The number of carbonyl (C=O) groups excluding carboxylic acids is 2. The minimum Gasteiger partial charge on any atom is -0.310 e. The van der Waals surface area contributed by atoms with Crippen molar-refractivity contribution in [3.8, 4) is 0 Å². The largest absolute Gasteiger partial charge is 0.310 e. The third-order valence-electron chi connectivity index (χ3n) is 5.20. The number of hydrogen-bond acceptors (Lipinski definition) is 2. The second-order valence-electron chi connectivity index (χ2n) is 7.09. The molecule has 2 amide bonds. The molecule has 0 radical (unpaired) electrons. The highest BCUT2D eigenvalue weighted by atomic mass is 79.9. The molecule has 0 aliphatic heterocycles. The molecule has 0 atom stereocenters. The van der Waals surface area contributed by atoms with Crippen molar-refractivity contribution < 1.29 is 9.59 Å². The maximum Gasteiger partial charge on any atom is 0.274 e. The lowest BCUT2D eigenvalue weighted by molar-refractivity contribution is -0.124. The Morgan fingerprint density at radius 1 is 1.00 bits per heavy atom. The van der Waals surface area contributed by atoms with Gasteiger partial charge in [0, 0.05) is 23.2 Å². The lowest BCUT2D eigenvalue weighted by Gasteiger charge is -2.34. The van der Waals surface area contributed by atoms with E-state index in [0.29, 0.717) is 5.70 Å². The van der Waals surface area contributed by atoms with Gasteiger partial charge in [0.2, 0.25) is 6.41 Å². The van der Waals surface area contributed by atoms with Gasteiger partial charge >= 0.3 is 0 Å². The van der Waals surface area contributed by atoms with Gasteiger partial charge in [-0.2, -0.15) is 0 Å². The van der Waals surface area contributed by atoms with Gasteiger partial charge in [-0.05, 0) is 48.7 Å². The standard InChI is InChI=1S/C23H25BrN2O2/c1-25(20-14-12-19(24)13-15-20)23(28)22(16-18-8-4-2-5-9-18)26(17-27)21-10-6-3-7-11-21/h2,4-5,8-9,12-17,21H,3,6-7,10-11H2,1H3/b22-16-. The van der Waals surface area contributed by atoms with Gasteiger partial charge in [0.05, 0.1) is 0 Å². The van der Waals surface area contributed by atoms with Crippen molar-refractivity contribution >= 4 is 40.0 Å². The molecule has 2 aromatic rings. The molecule has 4 nitrogen and oxygen atoms in total. The van der Waals surface area contributed by atoms with Gasteiger partial charge in [-0.25, -0.2) is 0 Å². The van der Waals surface area contributed by atoms with E-state index in [1.165, 1.54) is 6.42 Å². The number of likely N-dealkylation sites (N-methyl/N-ethyl adjacent to an activating group) is 1. The Hall–Kier alpha value is -2.40. The monoisotopic (exact) mass is 440 g/mol. The first kappa shape index (κ1) is 20.3. The van der Waals surface area contributed by atoms with Crippen LogP contribution in [0.5, 0.6) is 0 Å². The van der Waals surface area contributed by atoms with Crippen molar-refractivity contribution in [3.63, 3.8) is 0 Å². The normalized spacial score (nSPS) is 15.1. The number of benzene rings is 2. The minimum atomic E-state index is -0.191. The summed E-state index contributed by atoms with van der Waals surface area (Å²) in [6.45, 7) is 0. The van der Waals surface area contributed by atoms with Crippen LogP contribution < -0.4 is 4.90 Å². The van der Waals surface area contributed by atoms with Crippen molar-refractivity contribution in [3.05, 3.63) is 70.3 Å². The third-order valence-corrected chi connectivity index (χ3v) is 5.73. The number of halogens is 1. The molecule has 1 aliphatic carbocycles. The summed E-state index contributed by atoms with van der Waals surface area (Å²) in [4.78, 5) is 28.7. The topological polar surface area (TPSA) is 40.6 Å². The fourth-order valence-electron chi connectivity index (χ4n) is 3.61. The molecule has 1 fully saturated rings. The van der Waals surface area contributed by atoms with Crippen molar-refractivity contribution in [2.75, 3.05) is 11.9 Å². The minimum absolute atomic E-state index is 0.0727. The van der Waals surface area contributed by atoms with Crippen molar-refractivity contribution in [2.24, 2.45) is 0 Å². The van der Waals surface area contributed by atoms with Crippen LogP contribution in [0.25, 0.3) is 6.08 Å². The molecule has 146 valence electrons. The quantitative estimate of drug-likeness (QED) is 0.454. The summed E-state index contributed by atoms with van der Waals surface area (Å²) in [6.07, 6.45) is 7.86. The predicted octanol–water partition coefficient (Wildman–Crippen LogP) is 5.24. The summed E-state index contributed by atoms with van der Waals surface area (Å²) in [5.41, 5.74) is 2.10. The first-order chi connectivity index (χ1) is 13.6. The van der Waals surface area contributed by atoms with Crippen LogP contribution in [0.1, 0.15) is 37.7 Å². The zero-order valence-corrected chi connectivity index (χ0v) is 17.6. The summed E-state index contributed by atoms with van der Waals surface area (Å²) in [6, 6.07) is 17.3. The smallest absolute Gasteiger partial charge is 0.274 e. The van der Waals surface area contributed by atoms with E-state index in [1.807, 2.05) is 60.7 Å². The van der Waals surface area contributed by atoms with E-state index in [1.54, 1.807) is 16.8 Å². The fourth-order valence-corrected chi connectivity index (χ4v) is 3.87. The van der Waals surface area contributed by atoms with Crippen molar-refractivity contribution in [1.29, 1.82) is 0 Å². The Labute approximate surface area is 175 Å². The molecule has 5 heteroatoms. The maximum absolute atomic E-state index is 13.4. The SMILES string of the molecule is CN(C(=O)/C(=C/c1ccccc1)N(C=O)C1CCCCC1)c1ccc(Br)cc1. The highest BCUT2D eigenvalue weighted by Crippen LogP contribution is 2.27. The zero-order valence-electron chi connectivity index (χ0n) is 16.1. The molecule has 0 aromatic heterocycles. The van der Waals surface area contributed by atoms with Gasteiger partial charge in [0.1, 0.15) is 5.70 Å². The summed E-state index contributed by atoms with van der Waals surface area (Å²) in [5, 5.41) is 0. The number of anilines is 1. The van der Waals surface area contributed by atoms with E-state index in [-0.39, 0.29) is 11.9 Å². The van der Waals surface area contributed by atoms with Gasteiger partial charge in [-0.15, -0.1) is 0 Å². The van der Waals surface area contributed by atoms with Gasteiger partial charge in [-0.1, -0.05) is 65.5 Å². The molecule has 0 unspecified atom stereocenters. The molecule has 0 saturated heterocycles. The number of amides is 2. The molecule has 0 bridgehead atoms. The Kier molecular flexibility index (Phi) is 7.04. The summed E-state index contributed by atoms with van der Waals surface area (Å²) in [5.74, 6) is -0.191. The second kappa shape index (κ2) is 9.69. The van der Waals surface area contributed by atoms with Crippen LogP contribution in [-0.2, 0) is 9.59 Å². The Morgan fingerprint density at radius 3 is 2.25 bits per heavy atom. The zero-order chi connectivity index (χ0) is 19.9. The summed E-state index contributed by atoms with van der Waals surface area (Å²) in [7, 11) is 1.74. The number of hydrogen-bond donors (Lipinski definition) is 0. The van der Waals surface area contributed by atoms with E-state index in [9.17, 15) is 9.59 Å². The average molecular weight is 441 g/mol. The first-order valence-corrected chi connectivity index (χ1v) is 10.4. The molecule has 2 aromatic carbocycles. The highest BCUT2D eigenvalue weighted by molar-refractivity contribution is 9.10. The third kappa shape index (κ3) is 4.90. The van der Waals surface area contributed by atoms with E-state index in [4.69, 9.17) is 0 Å². The van der Waals surface area contributed by atoms with Gasteiger partial charge < -0.3 is 9.80 Å². The maximum atomic E-state index is 13.4. The Bertz CT molecular complexity index is 827. The average Bonchev–Trinajstić information content (AvgIpc) is 2.74. The molecule has 0 spiro atoms. The van der Waals surface area contributed by atoms with E-state index in [2.05, 4.69) is 15.9 Å². The van der Waals surface area contributed by atoms with Crippen LogP contribution in [0.15, 0.2) is 64.8 Å². The van der Waals surface area contributed by atoms with Crippen LogP contribution in [0.2, 0.25) is 0 Å². The van der Waals surface area contributed by atoms with Gasteiger partial charge in [0.25, 0.3) is 5.91 Å². The van der Waals surface area contributed by atoms with Crippen molar-refractivity contribution in [2.45, 2.75) is 38.1 Å². The van der Waals surface area contributed by atoms with E-state index >= 15 is 0 Å². The molecule has 0 N–H and O–H groups in total. The lowest BCUT2D eigenvalue weighted by atomic mass is 9.94. The number of nitrogens with zero attached hydrogens (tertiary/aromatic N) is 2. The molecule has 3 rings (SSSR count). The predicted molar refractivity (Wildman–Crippen MR) is 117 cm³/mol. The molecule has 0 heterocycles. The van der Waals surface area contributed by atoms with Crippen LogP contribution in [-0.4, -0.2) is 30.3 Å². The van der Waals surface area contributed by atoms with Crippen LogP contribution >= 0.6 is 15.9 Å². The summed E-state index contributed by atoms with van der Waals surface area (Å²) < 4.78 is 0.953. The highest BCUT2D eigenvalue weighted by Gasteiger charge is 2.28. The van der Waals surface area contributed by atoms with Gasteiger partial charge in [0.15, 0.2) is 0 Å². The van der Waals surface area contributed by atoms with Crippen LogP contribution in [0.4, 0.5) is 5.69 Å². The number of carbonyl (C=O) groups is 2. The molecule has 28 heavy (non-hydrogen) atoms. The fraction of sp³-hybridized carbons (Fsp3) is 0.304. The Balaban J connectivity index is 1.97. The van der Waals surface area contributed by atoms with E-state index in [0.717, 1.165) is 47.8 Å². The molecule has 1 saturated carbocycles. The summed E-state index contributed by atoms with van der Waals surface area (Å²) >= 11 is 3.42. The second-order valence-corrected chi connectivity index (χ2v) is 8.00. The molecular weight excluding hydrogens is 416 g/mol. The number of rotatable bonds is 6. The van der Waals surface area contributed by atoms with Crippen LogP contribution in [0, 0.1) is 0 Å². The Morgan fingerprint density at radius 2 is 1.64 bits per heavy atom. The molecular formula is C23H25BrN2O2.